The summed E-state index contributed by atoms with van der Waals surface area (Å²) in [5, 5.41) is 13.5. The predicted octanol–water partition coefficient (Wildman–Crippen LogP) is 1.73. The summed E-state index contributed by atoms with van der Waals surface area (Å²) >= 11 is 0. The van der Waals surface area contributed by atoms with E-state index in [1.165, 1.54) is 11.1 Å². The van der Waals surface area contributed by atoms with Crippen LogP contribution in [0.15, 0.2) is 18.2 Å². The molecule has 0 spiro atoms. The number of nitrogens with one attached hydrogen (secondary N) is 1. The number of aliphatic hydroxyl groups excluding tert-OH is 1. The molecule has 4 heteroatoms. The summed E-state index contributed by atoms with van der Waals surface area (Å²) < 4.78 is 5.69. The van der Waals surface area contributed by atoms with Gasteiger partial charge in [-0.05, 0) is 70.1 Å². The molecule has 0 aliphatic carbocycles. The van der Waals surface area contributed by atoms with Gasteiger partial charge in [0, 0.05) is 12.6 Å². The molecule has 0 saturated carbocycles. The molecule has 2 rings (SSSR count). The third-order valence-corrected chi connectivity index (χ3v) is 4.00. The zero-order valence-corrected chi connectivity index (χ0v) is 13.4. The standard InChI is InChI=1S/C17H28N2O2/c1-13-8-14(2)10-17(9-13)21-12-16(20)11-18-15-4-6-19(3)7-5-15/h8-10,15-16,18,20H,4-7,11-12H2,1-3H3. The Kier molecular flexibility index (Phi) is 6.03. The van der Waals surface area contributed by atoms with Gasteiger partial charge in [-0.25, -0.2) is 0 Å². The fraction of sp³-hybridized carbons (Fsp3) is 0.647. The Labute approximate surface area is 128 Å². The normalized spacial score (nSPS) is 18.7. The zero-order chi connectivity index (χ0) is 15.2. The summed E-state index contributed by atoms with van der Waals surface area (Å²) in [5.74, 6) is 0.839. The molecule has 0 aromatic heterocycles. The van der Waals surface area contributed by atoms with Crippen LogP contribution >= 0.6 is 0 Å². The van der Waals surface area contributed by atoms with E-state index >= 15 is 0 Å². The first kappa shape index (κ1) is 16.3. The maximum absolute atomic E-state index is 10.0. The van der Waals surface area contributed by atoms with Crippen molar-refractivity contribution in [1.29, 1.82) is 0 Å². The van der Waals surface area contributed by atoms with Crippen LogP contribution in [0.4, 0.5) is 0 Å². The molecule has 21 heavy (non-hydrogen) atoms. The molecule has 0 bridgehead atoms. The van der Waals surface area contributed by atoms with Gasteiger partial charge in [0.2, 0.25) is 0 Å². The van der Waals surface area contributed by atoms with Crippen LogP contribution in [-0.4, -0.2) is 55.4 Å². The molecule has 1 aromatic carbocycles. The van der Waals surface area contributed by atoms with Gasteiger partial charge in [0.1, 0.15) is 18.5 Å². The summed E-state index contributed by atoms with van der Waals surface area (Å²) in [4.78, 5) is 2.35. The van der Waals surface area contributed by atoms with Crippen LogP contribution in [0.25, 0.3) is 0 Å². The largest absolute Gasteiger partial charge is 0.491 e. The molecule has 1 aliphatic heterocycles. The Bertz CT molecular complexity index is 422. The Morgan fingerprint density at radius 3 is 2.48 bits per heavy atom. The van der Waals surface area contributed by atoms with Crippen molar-refractivity contribution in [2.45, 2.75) is 38.8 Å². The van der Waals surface area contributed by atoms with E-state index in [0.717, 1.165) is 31.7 Å². The van der Waals surface area contributed by atoms with Gasteiger partial charge in [-0.3, -0.25) is 0 Å². The molecule has 1 fully saturated rings. The highest BCUT2D eigenvalue weighted by Crippen LogP contribution is 2.16. The van der Waals surface area contributed by atoms with E-state index in [1.807, 2.05) is 12.1 Å². The number of likely N-dealkylation sites (tertiary alicyclic amines) is 1. The van der Waals surface area contributed by atoms with Crippen molar-refractivity contribution >= 4 is 0 Å². The van der Waals surface area contributed by atoms with Crippen molar-refractivity contribution in [2.24, 2.45) is 0 Å². The molecule has 1 saturated heterocycles. The van der Waals surface area contributed by atoms with Gasteiger partial charge in [0.15, 0.2) is 0 Å². The highest BCUT2D eigenvalue weighted by Gasteiger charge is 2.17. The Hall–Kier alpha value is -1.10. The van der Waals surface area contributed by atoms with Crippen LogP contribution in [0, 0.1) is 13.8 Å². The quantitative estimate of drug-likeness (QED) is 0.838. The van der Waals surface area contributed by atoms with E-state index in [2.05, 4.69) is 37.2 Å². The van der Waals surface area contributed by atoms with E-state index in [0.29, 0.717) is 19.2 Å². The van der Waals surface area contributed by atoms with Crippen molar-refractivity contribution in [2.75, 3.05) is 33.3 Å². The van der Waals surface area contributed by atoms with Gasteiger partial charge in [-0.1, -0.05) is 6.07 Å². The minimum atomic E-state index is -0.467. The van der Waals surface area contributed by atoms with Crippen LogP contribution in [0.3, 0.4) is 0 Å². The Balaban J connectivity index is 1.68. The highest BCUT2D eigenvalue weighted by atomic mass is 16.5. The van der Waals surface area contributed by atoms with E-state index in [1.54, 1.807) is 0 Å². The average Bonchev–Trinajstić information content (AvgIpc) is 2.43. The predicted molar refractivity (Wildman–Crippen MR) is 85.9 cm³/mol. The van der Waals surface area contributed by atoms with Crippen LogP contribution in [-0.2, 0) is 0 Å². The fourth-order valence-electron chi connectivity index (χ4n) is 2.78. The van der Waals surface area contributed by atoms with Gasteiger partial charge >= 0.3 is 0 Å². The molecule has 2 N–H and O–H groups in total. The molecule has 1 unspecified atom stereocenters. The molecular weight excluding hydrogens is 264 g/mol. The summed E-state index contributed by atoms with van der Waals surface area (Å²) in [6, 6.07) is 6.65. The molecule has 1 heterocycles. The minimum absolute atomic E-state index is 0.336. The number of rotatable bonds is 6. The summed E-state index contributed by atoms with van der Waals surface area (Å²) in [7, 11) is 2.16. The van der Waals surface area contributed by atoms with Crippen molar-refractivity contribution in [1.82, 2.24) is 10.2 Å². The highest BCUT2D eigenvalue weighted by molar-refractivity contribution is 5.32. The summed E-state index contributed by atoms with van der Waals surface area (Å²) in [5.41, 5.74) is 2.37. The number of piperidine rings is 1. The van der Waals surface area contributed by atoms with Crippen LogP contribution in [0.2, 0.25) is 0 Å². The number of nitrogens with zero attached hydrogens (tertiary/aromatic N) is 1. The van der Waals surface area contributed by atoms with Gasteiger partial charge in [0.05, 0.1) is 0 Å². The number of aliphatic hydroxyl groups is 1. The molecule has 1 aliphatic rings. The maximum Gasteiger partial charge on any atom is 0.119 e. The lowest BCUT2D eigenvalue weighted by atomic mass is 10.1. The average molecular weight is 292 g/mol. The minimum Gasteiger partial charge on any atom is -0.491 e. The smallest absolute Gasteiger partial charge is 0.119 e. The first-order chi connectivity index (χ1) is 10.0. The molecular formula is C17H28N2O2. The first-order valence-electron chi connectivity index (χ1n) is 7.84. The van der Waals surface area contributed by atoms with E-state index in [9.17, 15) is 5.11 Å². The van der Waals surface area contributed by atoms with Crippen molar-refractivity contribution in [3.05, 3.63) is 29.3 Å². The van der Waals surface area contributed by atoms with Crippen molar-refractivity contribution in [3.63, 3.8) is 0 Å². The lowest BCUT2D eigenvalue weighted by Gasteiger charge is -2.30. The number of benzene rings is 1. The number of ether oxygens (including phenoxy) is 1. The SMILES string of the molecule is Cc1cc(C)cc(OCC(O)CNC2CCN(C)CC2)c1. The van der Waals surface area contributed by atoms with Crippen LogP contribution in [0.1, 0.15) is 24.0 Å². The van der Waals surface area contributed by atoms with Gasteiger partial charge in [-0.15, -0.1) is 0 Å². The molecule has 1 atom stereocenters. The van der Waals surface area contributed by atoms with Crippen LogP contribution in [0.5, 0.6) is 5.75 Å². The Morgan fingerprint density at radius 2 is 1.86 bits per heavy atom. The fourth-order valence-corrected chi connectivity index (χ4v) is 2.78. The van der Waals surface area contributed by atoms with E-state index < -0.39 is 6.10 Å². The lowest BCUT2D eigenvalue weighted by Crippen LogP contribution is -2.44. The molecule has 118 valence electrons. The Morgan fingerprint density at radius 1 is 1.24 bits per heavy atom. The second-order valence-electron chi connectivity index (χ2n) is 6.27. The van der Waals surface area contributed by atoms with Crippen molar-refractivity contribution in [3.8, 4) is 5.75 Å². The molecule has 0 radical (unpaired) electrons. The third-order valence-electron chi connectivity index (χ3n) is 4.00. The van der Waals surface area contributed by atoms with Gasteiger partial charge in [0.25, 0.3) is 0 Å². The van der Waals surface area contributed by atoms with Gasteiger partial charge < -0.3 is 20.1 Å². The van der Waals surface area contributed by atoms with Crippen LogP contribution < -0.4 is 10.1 Å². The van der Waals surface area contributed by atoms with Gasteiger partial charge in [-0.2, -0.15) is 0 Å². The second kappa shape index (κ2) is 7.78. The van der Waals surface area contributed by atoms with Crippen molar-refractivity contribution < 1.29 is 9.84 Å². The molecule has 4 nitrogen and oxygen atoms in total. The summed E-state index contributed by atoms with van der Waals surface area (Å²) in [6.45, 7) is 7.30. The number of hydrogen-bond donors (Lipinski definition) is 2. The monoisotopic (exact) mass is 292 g/mol. The first-order valence-corrected chi connectivity index (χ1v) is 7.84. The molecule has 0 amide bonds. The number of hydrogen-bond acceptors (Lipinski definition) is 4. The van der Waals surface area contributed by atoms with E-state index in [4.69, 9.17) is 4.74 Å². The topological polar surface area (TPSA) is 44.7 Å². The third kappa shape index (κ3) is 5.65. The number of aryl methyl sites for hydroxylation is 2. The lowest BCUT2D eigenvalue weighted by molar-refractivity contribution is 0.0995. The zero-order valence-electron chi connectivity index (χ0n) is 13.4. The second-order valence-corrected chi connectivity index (χ2v) is 6.27. The van der Waals surface area contributed by atoms with E-state index in [-0.39, 0.29) is 0 Å². The maximum atomic E-state index is 10.0. The molecule has 1 aromatic rings. The summed E-state index contributed by atoms with van der Waals surface area (Å²) in [6.07, 6.45) is 1.84.